The molecule has 0 atom stereocenters. The number of carbonyl (C=O) groups excluding carboxylic acids is 1. The van der Waals surface area contributed by atoms with Crippen LogP contribution in [-0.2, 0) is 6.54 Å². The van der Waals surface area contributed by atoms with E-state index in [0.717, 1.165) is 39.9 Å². The zero-order valence-corrected chi connectivity index (χ0v) is 18.2. The Morgan fingerprint density at radius 1 is 1.24 bits per heavy atom. The summed E-state index contributed by atoms with van der Waals surface area (Å²) in [5.74, 6) is 2.15. The number of hydrogen-bond acceptors (Lipinski definition) is 6. The minimum Gasteiger partial charge on any atom is -0.369 e. The minimum atomic E-state index is -0.0734. The molecule has 0 radical (unpaired) electrons. The maximum absolute atomic E-state index is 12.4. The molecule has 7 nitrogen and oxygen atoms in total. The molecule has 8 heteroatoms. The first-order valence-electron chi connectivity index (χ1n) is 9.93. The quantitative estimate of drug-likeness (QED) is 0.411. The maximum atomic E-state index is 12.4. The number of rotatable bonds is 9. The number of aryl methyl sites for hydroxylation is 1. The molecular weight excluding hydrogens is 384 g/mol. The summed E-state index contributed by atoms with van der Waals surface area (Å²) >= 11 is 1.61. The maximum Gasteiger partial charge on any atom is 0.251 e. The third kappa shape index (κ3) is 5.26. The van der Waals surface area contributed by atoms with Crippen LogP contribution in [0, 0.1) is 12.8 Å². The van der Waals surface area contributed by atoms with E-state index in [1.54, 1.807) is 18.0 Å². The monoisotopic (exact) mass is 412 g/mol. The lowest BCUT2D eigenvalue weighted by Crippen LogP contribution is -2.28. The first-order chi connectivity index (χ1) is 14.0. The Labute approximate surface area is 175 Å². The van der Waals surface area contributed by atoms with E-state index in [2.05, 4.69) is 46.5 Å². The molecule has 0 saturated heterocycles. The highest BCUT2D eigenvalue weighted by Gasteiger charge is 2.14. The molecule has 2 aromatic heterocycles. The van der Waals surface area contributed by atoms with Crippen molar-refractivity contribution in [2.75, 3.05) is 24.2 Å². The summed E-state index contributed by atoms with van der Waals surface area (Å²) in [4.78, 5) is 21.8. The third-order valence-corrected chi connectivity index (χ3v) is 5.16. The lowest BCUT2D eigenvalue weighted by atomic mass is 10.1. The average molecular weight is 413 g/mol. The number of nitrogens with one attached hydrogen (secondary N) is 2. The van der Waals surface area contributed by atoms with E-state index in [0.29, 0.717) is 24.6 Å². The molecule has 2 N–H and O–H groups in total. The molecule has 0 fully saturated rings. The summed E-state index contributed by atoms with van der Waals surface area (Å²) in [5, 5.41) is 12.5. The van der Waals surface area contributed by atoms with E-state index < -0.39 is 0 Å². The summed E-state index contributed by atoms with van der Waals surface area (Å²) in [5.41, 5.74) is 2.44. The highest BCUT2D eigenvalue weighted by atomic mass is 32.2. The largest absolute Gasteiger partial charge is 0.369 e. The standard InChI is InChI=1S/C21H28N6OS/c1-5-29-21-25-18(23-12-14(2)3)17-13-24-27(19(17)26-21)11-10-22-20(28)16-9-7-6-8-15(16)4/h6-9,13-14H,5,10-12H2,1-4H3,(H,22,28)(H,23,25,26). The fraction of sp³-hybridized carbons (Fsp3) is 0.429. The van der Waals surface area contributed by atoms with Crippen LogP contribution in [0.5, 0.6) is 0 Å². The molecule has 0 bridgehead atoms. The SMILES string of the molecule is CCSc1nc(NCC(C)C)c2cnn(CCNC(=O)c3ccccc3C)c2n1. The van der Waals surface area contributed by atoms with Crippen molar-refractivity contribution in [1.82, 2.24) is 25.1 Å². The summed E-state index contributed by atoms with van der Waals surface area (Å²) in [6.45, 7) is 10.2. The molecule has 1 aromatic carbocycles. The number of thioether (sulfide) groups is 1. The molecule has 3 aromatic rings. The molecule has 29 heavy (non-hydrogen) atoms. The molecule has 0 unspecified atom stereocenters. The molecule has 154 valence electrons. The summed E-state index contributed by atoms with van der Waals surface area (Å²) < 4.78 is 1.83. The highest BCUT2D eigenvalue weighted by Crippen LogP contribution is 2.24. The Balaban J connectivity index is 1.75. The second kappa shape index (κ2) is 9.73. The van der Waals surface area contributed by atoms with Crippen molar-refractivity contribution in [2.24, 2.45) is 5.92 Å². The summed E-state index contributed by atoms with van der Waals surface area (Å²) in [6.07, 6.45) is 1.79. The van der Waals surface area contributed by atoms with E-state index in [1.165, 1.54) is 0 Å². The first-order valence-corrected chi connectivity index (χ1v) is 10.9. The van der Waals surface area contributed by atoms with Gasteiger partial charge in [-0.25, -0.2) is 14.6 Å². The van der Waals surface area contributed by atoms with Gasteiger partial charge in [-0.15, -0.1) is 0 Å². The molecule has 0 saturated carbocycles. The molecule has 2 heterocycles. The fourth-order valence-electron chi connectivity index (χ4n) is 2.93. The Bertz CT molecular complexity index is 984. The molecule has 3 rings (SSSR count). The Kier molecular flexibility index (Phi) is 7.09. The van der Waals surface area contributed by atoms with Crippen LogP contribution in [0.15, 0.2) is 35.6 Å². The smallest absolute Gasteiger partial charge is 0.251 e. The zero-order chi connectivity index (χ0) is 20.8. The predicted octanol–water partition coefficient (Wildman–Crippen LogP) is 3.74. The number of fused-ring (bicyclic) bond motifs is 1. The lowest BCUT2D eigenvalue weighted by Gasteiger charge is -2.11. The summed E-state index contributed by atoms with van der Waals surface area (Å²) in [6, 6.07) is 7.57. The van der Waals surface area contributed by atoms with Crippen molar-refractivity contribution >= 4 is 34.5 Å². The van der Waals surface area contributed by atoms with E-state index >= 15 is 0 Å². The lowest BCUT2D eigenvalue weighted by molar-refractivity contribution is 0.0951. The molecule has 0 aliphatic carbocycles. The van der Waals surface area contributed by atoms with Gasteiger partial charge in [0.1, 0.15) is 5.82 Å². The van der Waals surface area contributed by atoms with E-state index in [-0.39, 0.29) is 5.91 Å². The second-order valence-electron chi connectivity index (χ2n) is 7.24. The fourth-order valence-corrected chi connectivity index (χ4v) is 3.49. The van der Waals surface area contributed by atoms with E-state index in [4.69, 9.17) is 0 Å². The van der Waals surface area contributed by atoms with Gasteiger partial charge in [0, 0.05) is 18.7 Å². The number of aromatic nitrogens is 4. The average Bonchev–Trinajstić information content (AvgIpc) is 3.09. The van der Waals surface area contributed by atoms with Crippen molar-refractivity contribution in [1.29, 1.82) is 0 Å². The van der Waals surface area contributed by atoms with E-state index in [9.17, 15) is 4.79 Å². The number of hydrogen-bond donors (Lipinski definition) is 2. The van der Waals surface area contributed by atoms with Crippen LogP contribution < -0.4 is 10.6 Å². The van der Waals surface area contributed by atoms with Crippen molar-refractivity contribution in [2.45, 2.75) is 39.4 Å². The van der Waals surface area contributed by atoms with Crippen molar-refractivity contribution in [3.05, 3.63) is 41.6 Å². The Morgan fingerprint density at radius 2 is 2.03 bits per heavy atom. The van der Waals surface area contributed by atoms with Gasteiger partial charge in [-0.2, -0.15) is 5.10 Å². The van der Waals surface area contributed by atoms with Gasteiger partial charge >= 0.3 is 0 Å². The van der Waals surface area contributed by atoms with Gasteiger partial charge in [0.2, 0.25) is 0 Å². The second-order valence-corrected chi connectivity index (χ2v) is 8.47. The van der Waals surface area contributed by atoms with Gasteiger partial charge in [-0.3, -0.25) is 4.79 Å². The Morgan fingerprint density at radius 3 is 2.76 bits per heavy atom. The first kappa shape index (κ1) is 21.1. The van der Waals surface area contributed by atoms with Crippen molar-refractivity contribution in [3.63, 3.8) is 0 Å². The zero-order valence-electron chi connectivity index (χ0n) is 17.4. The van der Waals surface area contributed by atoms with Crippen molar-refractivity contribution in [3.8, 4) is 0 Å². The number of carbonyl (C=O) groups is 1. The van der Waals surface area contributed by atoms with Crippen LogP contribution in [0.3, 0.4) is 0 Å². The van der Waals surface area contributed by atoms with Crippen LogP contribution in [0.4, 0.5) is 5.82 Å². The predicted molar refractivity (Wildman–Crippen MR) is 119 cm³/mol. The Hall–Kier alpha value is -2.61. The highest BCUT2D eigenvalue weighted by molar-refractivity contribution is 7.99. The third-order valence-electron chi connectivity index (χ3n) is 4.43. The number of anilines is 1. The van der Waals surface area contributed by atoms with Gasteiger partial charge in [0.05, 0.1) is 18.1 Å². The van der Waals surface area contributed by atoms with Crippen LogP contribution >= 0.6 is 11.8 Å². The molecule has 0 spiro atoms. The van der Waals surface area contributed by atoms with Crippen LogP contribution in [0.1, 0.15) is 36.7 Å². The van der Waals surface area contributed by atoms with Gasteiger partial charge < -0.3 is 10.6 Å². The topological polar surface area (TPSA) is 84.7 Å². The molecule has 0 aliphatic heterocycles. The van der Waals surface area contributed by atoms with Crippen LogP contribution in [0.2, 0.25) is 0 Å². The van der Waals surface area contributed by atoms with Crippen LogP contribution in [0.25, 0.3) is 11.0 Å². The minimum absolute atomic E-state index is 0.0734. The number of amides is 1. The summed E-state index contributed by atoms with van der Waals surface area (Å²) in [7, 11) is 0. The van der Waals surface area contributed by atoms with Gasteiger partial charge in [-0.05, 0) is 30.2 Å². The number of benzene rings is 1. The van der Waals surface area contributed by atoms with Gasteiger partial charge in [0.15, 0.2) is 10.8 Å². The van der Waals surface area contributed by atoms with Crippen LogP contribution in [-0.4, -0.2) is 44.5 Å². The normalized spacial score (nSPS) is 11.2. The molecule has 0 aliphatic rings. The van der Waals surface area contributed by atoms with Gasteiger partial charge in [-0.1, -0.05) is 50.7 Å². The molecule has 1 amide bonds. The van der Waals surface area contributed by atoms with Gasteiger partial charge in [0.25, 0.3) is 5.91 Å². The number of nitrogens with zero attached hydrogens (tertiary/aromatic N) is 4. The van der Waals surface area contributed by atoms with Crippen molar-refractivity contribution < 1.29 is 4.79 Å². The van der Waals surface area contributed by atoms with E-state index in [1.807, 2.05) is 35.9 Å². The molecular formula is C21H28N6OS.